The minimum absolute atomic E-state index is 0.00341. The second kappa shape index (κ2) is 8.96. The number of hydrogen-bond acceptors (Lipinski definition) is 4. The highest BCUT2D eigenvalue weighted by molar-refractivity contribution is 7.91. The van der Waals surface area contributed by atoms with E-state index in [1.165, 1.54) is 11.1 Å². The Balaban J connectivity index is 1.56. The third-order valence-electron chi connectivity index (χ3n) is 6.56. The van der Waals surface area contributed by atoms with E-state index in [-0.39, 0.29) is 21.0 Å². The van der Waals surface area contributed by atoms with E-state index < -0.39 is 9.84 Å². The van der Waals surface area contributed by atoms with Crippen LogP contribution in [0, 0.1) is 0 Å². The van der Waals surface area contributed by atoms with Crippen molar-refractivity contribution in [1.82, 2.24) is 4.90 Å². The number of nitrogens with zero attached hydrogens (tertiary/aromatic N) is 1. The molecule has 0 fully saturated rings. The molecule has 4 rings (SSSR count). The minimum Gasteiger partial charge on any atom is -0.507 e. The number of rotatable bonds is 4. The average molecular weight is 464 g/mol. The highest BCUT2D eigenvalue weighted by Gasteiger charge is 2.24. The summed E-state index contributed by atoms with van der Waals surface area (Å²) in [6.07, 6.45) is 2.33. The van der Waals surface area contributed by atoms with Crippen molar-refractivity contribution in [3.8, 4) is 5.75 Å². The van der Waals surface area contributed by atoms with E-state index in [0.717, 1.165) is 49.0 Å². The van der Waals surface area contributed by atoms with Crippen molar-refractivity contribution in [2.45, 2.75) is 55.2 Å². The van der Waals surface area contributed by atoms with Gasteiger partial charge in [0, 0.05) is 13.1 Å². The maximum Gasteiger partial charge on any atom is 0.210 e. The molecule has 0 spiro atoms. The molecule has 0 saturated heterocycles. The van der Waals surface area contributed by atoms with Gasteiger partial charge in [0.25, 0.3) is 0 Å². The molecule has 174 valence electrons. The zero-order chi connectivity index (χ0) is 23.8. The smallest absolute Gasteiger partial charge is 0.210 e. The van der Waals surface area contributed by atoms with E-state index in [0.29, 0.717) is 0 Å². The minimum atomic E-state index is -3.80. The van der Waals surface area contributed by atoms with Crippen LogP contribution in [0.3, 0.4) is 0 Å². The van der Waals surface area contributed by atoms with Crippen molar-refractivity contribution >= 4 is 9.84 Å². The van der Waals surface area contributed by atoms with Crippen molar-refractivity contribution in [3.05, 3.63) is 88.5 Å². The Labute approximate surface area is 197 Å². The molecule has 0 amide bonds. The number of phenolic OH excluding ortho intramolecular Hbond substituents is 1. The molecule has 4 nitrogen and oxygen atoms in total. The van der Waals surface area contributed by atoms with Crippen LogP contribution in [0.2, 0.25) is 0 Å². The summed E-state index contributed by atoms with van der Waals surface area (Å²) in [6, 6.07) is 18.9. The maximum atomic E-state index is 13.3. The Morgan fingerprint density at radius 2 is 1.36 bits per heavy atom. The fraction of sp³-hybridized carbons (Fsp3) is 0.357. The highest BCUT2D eigenvalue weighted by Crippen LogP contribution is 2.33. The summed E-state index contributed by atoms with van der Waals surface area (Å²) in [5.41, 5.74) is 5.68. The molecular formula is C28H33NO3S. The third kappa shape index (κ3) is 5.15. The second-order valence-electron chi connectivity index (χ2n) is 10.2. The predicted octanol–water partition coefficient (Wildman–Crippen LogP) is 5.14. The Kier molecular flexibility index (Phi) is 6.39. The van der Waals surface area contributed by atoms with Crippen LogP contribution in [0.25, 0.3) is 0 Å². The number of phenols is 1. The van der Waals surface area contributed by atoms with Crippen LogP contribution >= 0.6 is 0 Å². The van der Waals surface area contributed by atoms with Crippen LogP contribution in [0.1, 0.15) is 48.6 Å². The molecule has 0 unspecified atom stereocenters. The molecular weight excluding hydrogens is 430 g/mol. The molecule has 5 heteroatoms. The van der Waals surface area contributed by atoms with Gasteiger partial charge in [-0.3, -0.25) is 0 Å². The monoisotopic (exact) mass is 463 g/mol. The molecule has 3 aromatic rings. The SMILES string of the molecule is CN1CCc2cc(O)c(S(=O)(=O)c3ccc(Cc4ccc(C(C)(C)C)cc4)cc3)cc2CC1. The van der Waals surface area contributed by atoms with Gasteiger partial charge in [0.1, 0.15) is 10.6 Å². The lowest BCUT2D eigenvalue weighted by Crippen LogP contribution is -2.20. The lowest BCUT2D eigenvalue weighted by Gasteiger charge is -2.19. The first kappa shape index (κ1) is 23.5. The lowest BCUT2D eigenvalue weighted by atomic mass is 9.86. The number of aromatic hydroxyl groups is 1. The Hall–Kier alpha value is -2.63. The van der Waals surface area contributed by atoms with Crippen LogP contribution in [-0.4, -0.2) is 38.6 Å². The maximum absolute atomic E-state index is 13.3. The molecule has 1 aliphatic heterocycles. The van der Waals surface area contributed by atoms with Gasteiger partial charge in [-0.15, -0.1) is 0 Å². The number of fused-ring (bicyclic) bond motifs is 1. The molecule has 0 radical (unpaired) electrons. The van der Waals surface area contributed by atoms with E-state index in [1.807, 2.05) is 12.1 Å². The molecule has 1 heterocycles. The number of likely N-dealkylation sites (N-methyl/N-ethyl adjacent to an activating group) is 1. The normalized spacial score (nSPS) is 15.2. The van der Waals surface area contributed by atoms with E-state index in [2.05, 4.69) is 57.0 Å². The van der Waals surface area contributed by atoms with Crippen molar-refractivity contribution in [3.63, 3.8) is 0 Å². The van der Waals surface area contributed by atoms with E-state index in [1.54, 1.807) is 24.3 Å². The second-order valence-corrected chi connectivity index (χ2v) is 12.1. The zero-order valence-electron chi connectivity index (χ0n) is 19.9. The van der Waals surface area contributed by atoms with Gasteiger partial charge in [-0.05, 0) is 83.8 Å². The quantitative estimate of drug-likeness (QED) is 0.582. The van der Waals surface area contributed by atoms with Crippen molar-refractivity contribution in [2.24, 2.45) is 0 Å². The zero-order valence-corrected chi connectivity index (χ0v) is 20.7. The average Bonchev–Trinajstić information content (AvgIpc) is 2.94. The standard InChI is InChI=1S/C28H33NO3S/c1-28(2,3)24-9-5-20(6-10-24)17-21-7-11-25(12-8-21)33(31,32)27-19-23-14-16-29(4)15-13-22(23)18-26(27)30/h5-12,18-19,30H,13-17H2,1-4H3. The number of benzene rings is 3. The van der Waals surface area contributed by atoms with Gasteiger partial charge >= 0.3 is 0 Å². The first-order valence-corrected chi connectivity index (χ1v) is 13.0. The van der Waals surface area contributed by atoms with Gasteiger partial charge in [0.15, 0.2) is 0 Å². The van der Waals surface area contributed by atoms with Crippen LogP contribution in [0.15, 0.2) is 70.5 Å². The lowest BCUT2D eigenvalue weighted by molar-refractivity contribution is 0.352. The van der Waals surface area contributed by atoms with Crippen LogP contribution in [0.5, 0.6) is 5.75 Å². The summed E-state index contributed by atoms with van der Waals surface area (Å²) >= 11 is 0. The Morgan fingerprint density at radius 1 is 0.848 bits per heavy atom. The van der Waals surface area contributed by atoms with E-state index in [4.69, 9.17) is 0 Å². The summed E-state index contributed by atoms with van der Waals surface area (Å²) in [5, 5.41) is 10.6. The van der Waals surface area contributed by atoms with E-state index in [9.17, 15) is 13.5 Å². The van der Waals surface area contributed by atoms with Crippen LogP contribution < -0.4 is 0 Å². The summed E-state index contributed by atoms with van der Waals surface area (Å²) < 4.78 is 26.6. The van der Waals surface area contributed by atoms with Gasteiger partial charge in [-0.2, -0.15) is 0 Å². The van der Waals surface area contributed by atoms with Gasteiger partial charge in [0.2, 0.25) is 9.84 Å². The Bertz CT molecular complexity index is 1240. The highest BCUT2D eigenvalue weighted by atomic mass is 32.2. The number of sulfone groups is 1. The first-order valence-electron chi connectivity index (χ1n) is 11.5. The summed E-state index contributed by atoms with van der Waals surface area (Å²) in [5.74, 6) is -0.165. The largest absolute Gasteiger partial charge is 0.507 e. The fourth-order valence-corrected chi connectivity index (χ4v) is 5.72. The van der Waals surface area contributed by atoms with E-state index >= 15 is 0 Å². The molecule has 3 aromatic carbocycles. The first-order chi connectivity index (χ1) is 15.5. The summed E-state index contributed by atoms with van der Waals surface area (Å²) in [4.78, 5) is 2.42. The van der Waals surface area contributed by atoms with Gasteiger partial charge in [-0.25, -0.2) is 8.42 Å². The topological polar surface area (TPSA) is 57.6 Å². The molecule has 0 bridgehead atoms. The Morgan fingerprint density at radius 3 is 1.91 bits per heavy atom. The fourth-order valence-electron chi connectivity index (χ4n) is 4.34. The van der Waals surface area contributed by atoms with Crippen LogP contribution in [0.4, 0.5) is 0 Å². The summed E-state index contributed by atoms with van der Waals surface area (Å²) in [6.45, 7) is 8.37. The molecule has 0 saturated carbocycles. The molecule has 33 heavy (non-hydrogen) atoms. The van der Waals surface area contributed by atoms with Gasteiger partial charge < -0.3 is 10.0 Å². The van der Waals surface area contributed by atoms with Crippen molar-refractivity contribution in [1.29, 1.82) is 0 Å². The number of hydrogen-bond donors (Lipinski definition) is 1. The van der Waals surface area contributed by atoms with Gasteiger partial charge in [-0.1, -0.05) is 57.2 Å². The molecule has 1 N–H and O–H groups in total. The van der Waals surface area contributed by atoms with Crippen LogP contribution in [-0.2, 0) is 34.5 Å². The predicted molar refractivity (Wildman–Crippen MR) is 133 cm³/mol. The van der Waals surface area contributed by atoms with Crippen molar-refractivity contribution in [2.75, 3.05) is 20.1 Å². The van der Waals surface area contributed by atoms with Gasteiger partial charge in [0.05, 0.1) is 4.90 Å². The van der Waals surface area contributed by atoms with Crippen molar-refractivity contribution < 1.29 is 13.5 Å². The molecule has 0 aromatic heterocycles. The summed E-state index contributed by atoms with van der Waals surface area (Å²) in [7, 11) is -1.74. The molecule has 0 atom stereocenters. The molecule has 0 aliphatic carbocycles. The molecule has 1 aliphatic rings. The third-order valence-corrected chi connectivity index (χ3v) is 8.36.